The Labute approximate surface area is 111 Å². The van der Waals surface area contributed by atoms with Gasteiger partial charge in [0.25, 0.3) is 0 Å². The second-order valence-corrected chi connectivity index (χ2v) is 4.84. The fourth-order valence-electron chi connectivity index (χ4n) is 2.11. The smallest absolute Gasteiger partial charge is 0.181 e. The van der Waals surface area contributed by atoms with Gasteiger partial charge in [0.05, 0.1) is 12.1 Å². The molecule has 0 spiro atoms. The Bertz CT molecular complexity index is 565. The van der Waals surface area contributed by atoms with Crippen LogP contribution in [0.3, 0.4) is 0 Å². The lowest BCUT2D eigenvalue weighted by Crippen LogP contribution is -2.10. The van der Waals surface area contributed by atoms with E-state index in [2.05, 4.69) is 5.32 Å². The van der Waals surface area contributed by atoms with Crippen molar-refractivity contribution < 1.29 is 4.79 Å². The Morgan fingerprint density at radius 2 is 1.67 bits per heavy atom. The minimum atomic E-state index is -0.103. The van der Waals surface area contributed by atoms with Crippen LogP contribution in [0.1, 0.15) is 22.0 Å². The van der Waals surface area contributed by atoms with Crippen molar-refractivity contribution in [1.82, 2.24) is 5.32 Å². The highest BCUT2D eigenvalue weighted by Gasteiger charge is 2.43. The van der Waals surface area contributed by atoms with E-state index in [1.54, 1.807) is 24.3 Å². The summed E-state index contributed by atoms with van der Waals surface area (Å²) in [4.78, 5) is 12.2. The molecule has 1 aliphatic heterocycles. The lowest BCUT2D eigenvalue weighted by Gasteiger charge is -1.99. The summed E-state index contributed by atoms with van der Waals surface area (Å²) in [5, 5.41) is 3.86. The Hall–Kier alpha value is -1.64. The van der Waals surface area contributed by atoms with Gasteiger partial charge >= 0.3 is 0 Å². The number of Topliss-reactive ketones (excluding diaryl/α,β-unsaturated/α-hetero) is 1. The van der Waals surface area contributed by atoms with E-state index in [0.717, 1.165) is 5.56 Å². The lowest BCUT2D eigenvalue weighted by atomic mass is 10.0. The number of nitrogens with one attached hydrogen (secondary N) is 1. The maximum Gasteiger partial charge on any atom is 0.181 e. The van der Waals surface area contributed by atoms with E-state index >= 15 is 0 Å². The molecule has 1 aliphatic rings. The van der Waals surface area contributed by atoms with Crippen LogP contribution in [-0.4, -0.2) is 11.8 Å². The van der Waals surface area contributed by atoms with E-state index in [0.29, 0.717) is 10.6 Å². The molecule has 0 aromatic heterocycles. The van der Waals surface area contributed by atoms with Gasteiger partial charge in [-0.25, -0.2) is 0 Å². The van der Waals surface area contributed by atoms with Crippen LogP contribution in [0.4, 0.5) is 0 Å². The minimum Gasteiger partial charge on any atom is -0.297 e. The van der Waals surface area contributed by atoms with Gasteiger partial charge in [-0.05, 0) is 29.8 Å². The molecule has 0 radical (unpaired) electrons. The first-order valence-corrected chi connectivity index (χ1v) is 6.24. The molecule has 1 N–H and O–H groups in total. The van der Waals surface area contributed by atoms with Crippen molar-refractivity contribution in [3.8, 4) is 0 Å². The molecule has 1 fully saturated rings. The fraction of sp³-hybridized carbons (Fsp3) is 0.133. The summed E-state index contributed by atoms with van der Waals surface area (Å²) in [6.07, 6.45) is 0. The molecule has 0 saturated carbocycles. The topological polar surface area (TPSA) is 39.0 Å². The monoisotopic (exact) mass is 257 g/mol. The molecule has 3 rings (SSSR count). The SMILES string of the molecule is O=C(c1ccc(Cl)cc1)C1NC1c1ccccc1. The van der Waals surface area contributed by atoms with Gasteiger partial charge in [-0.2, -0.15) is 0 Å². The first kappa shape index (κ1) is 11.5. The zero-order chi connectivity index (χ0) is 12.5. The average molecular weight is 258 g/mol. The van der Waals surface area contributed by atoms with Crippen molar-refractivity contribution in [3.05, 3.63) is 70.7 Å². The van der Waals surface area contributed by atoms with E-state index in [1.165, 1.54) is 0 Å². The van der Waals surface area contributed by atoms with Gasteiger partial charge in [-0.15, -0.1) is 0 Å². The first-order chi connectivity index (χ1) is 8.75. The number of hydrogen-bond donors (Lipinski definition) is 1. The fourth-order valence-corrected chi connectivity index (χ4v) is 2.23. The number of hydrogen-bond acceptors (Lipinski definition) is 2. The predicted molar refractivity (Wildman–Crippen MR) is 71.9 cm³/mol. The maximum atomic E-state index is 12.2. The van der Waals surface area contributed by atoms with E-state index in [1.807, 2.05) is 30.3 Å². The minimum absolute atomic E-state index is 0.103. The summed E-state index contributed by atoms with van der Waals surface area (Å²) < 4.78 is 0. The number of carbonyl (C=O) groups is 1. The maximum absolute atomic E-state index is 12.2. The van der Waals surface area contributed by atoms with Crippen LogP contribution < -0.4 is 5.32 Å². The Morgan fingerprint density at radius 3 is 2.33 bits per heavy atom. The van der Waals surface area contributed by atoms with Crippen molar-refractivity contribution in [2.75, 3.05) is 0 Å². The Morgan fingerprint density at radius 1 is 1.00 bits per heavy atom. The van der Waals surface area contributed by atoms with Crippen LogP contribution in [0, 0.1) is 0 Å². The van der Waals surface area contributed by atoms with Gasteiger partial charge in [-0.3, -0.25) is 10.1 Å². The molecule has 3 heteroatoms. The standard InChI is InChI=1S/C15H12ClNO/c16-12-8-6-11(7-9-12)15(18)14-13(17-14)10-4-2-1-3-5-10/h1-9,13-14,17H. The molecule has 2 aromatic carbocycles. The first-order valence-electron chi connectivity index (χ1n) is 5.86. The molecule has 0 bridgehead atoms. The van der Waals surface area contributed by atoms with Gasteiger partial charge in [0.2, 0.25) is 0 Å². The Balaban J connectivity index is 1.75. The van der Waals surface area contributed by atoms with Crippen molar-refractivity contribution in [2.45, 2.75) is 12.1 Å². The average Bonchev–Trinajstić information content (AvgIpc) is 3.20. The molecule has 0 amide bonds. The summed E-state index contributed by atoms with van der Waals surface area (Å²) >= 11 is 5.81. The van der Waals surface area contributed by atoms with Crippen LogP contribution in [0.5, 0.6) is 0 Å². The largest absolute Gasteiger partial charge is 0.297 e. The highest BCUT2D eigenvalue weighted by Crippen LogP contribution is 2.31. The zero-order valence-electron chi connectivity index (χ0n) is 9.64. The molecule has 1 saturated heterocycles. The third-order valence-electron chi connectivity index (χ3n) is 3.15. The molecule has 2 unspecified atom stereocenters. The van der Waals surface area contributed by atoms with Crippen LogP contribution in [0.25, 0.3) is 0 Å². The summed E-state index contributed by atoms with van der Waals surface area (Å²) in [6.45, 7) is 0. The molecule has 2 aromatic rings. The third kappa shape index (κ3) is 2.17. The zero-order valence-corrected chi connectivity index (χ0v) is 10.4. The van der Waals surface area contributed by atoms with Gasteiger partial charge in [0.1, 0.15) is 0 Å². The van der Waals surface area contributed by atoms with Gasteiger partial charge in [0, 0.05) is 10.6 Å². The van der Waals surface area contributed by atoms with E-state index in [9.17, 15) is 4.79 Å². The highest BCUT2D eigenvalue weighted by atomic mass is 35.5. The molecule has 1 heterocycles. The predicted octanol–water partition coefficient (Wildman–Crippen LogP) is 3.24. The van der Waals surface area contributed by atoms with Crippen molar-refractivity contribution >= 4 is 17.4 Å². The quantitative estimate of drug-likeness (QED) is 0.677. The van der Waals surface area contributed by atoms with Crippen LogP contribution in [-0.2, 0) is 0 Å². The summed E-state index contributed by atoms with van der Waals surface area (Å²) in [6, 6.07) is 17.1. The highest BCUT2D eigenvalue weighted by molar-refractivity contribution is 6.30. The number of carbonyl (C=O) groups excluding carboxylic acids is 1. The summed E-state index contributed by atoms with van der Waals surface area (Å²) in [5.74, 6) is 0.125. The van der Waals surface area contributed by atoms with E-state index in [4.69, 9.17) is 11.6 Å². The van der Waals surface area contributed by atoms with Gasteiger partial charge < -0.3 is 0 Å². The normalized spacial score (nSPS) is 21.6. The Kier molecular flexibility index (Phi) is 2.90. The van der Waals surface area contributed by atoms with E-state index in [-0.39, 0.29) is 17.9 Å². The summed E-state index contributed by atoms with van der Waals surface area (Å²) in [7, 11) is 0. The van der Waals surface area contributed by atoms with Crippen molar-refractivity contribution in [2.24, 2.45) is 0 Å². The second-order valence-electron chi connectivity index (χ2n) is 4.40. The molecule has 2 nitrogen and oxygen atoms in total. The number of halogens is 1. The van der Waals surface area contributed by atoms with Crippen LogP contribution in [0.15, 0.2) is 54.6 Å². The molecular formula is C15H12ClNO. The molecule has 90 valence electrons. The number of rotatable bonds is 3. The van der Waals surface area contributed by atoms with Crippen molar-refractivity contribution in [3.63, 3.8) is 0 Å². The number of benzene rings is 2. The molecule has 0 aliphatic carbocycles. The summed E-state index contributed by atoms with van der Waals surface area (Å²) in [5.41, 5.74) is 1.86. The van der Waals surface area contributed by atoms with Crippen LogP contribution >= 0.6 is 11.6 Å². The van der Waals surface area contributed by atoms with Gasteiger partial charge in [-0.1, -0.05) is 41.9 Å². The molecular weight excluding hydrogens is 246 g/mol. The van der Waals surface area contributed by atoms with E-state index < -0.39 is 0 Å². The molecule has 2 atom stereocenters. The number of ketones is 1. The van der Waals surface area contributed by atoms with Crippen molar-refractivity contribution in [1.29, 1.82) is 0 Å². The van der Waals surface area contributed by atoms with Gasteiger partial charge in [0.15, 0.2) is 5.78 Å². The third-order valence-corrected chi connectivity index (χ3v) is 3.41. The van der Waals surface area contributed by atoms with Crippen LogP contribution in [0.2, 0.25) is 5.02 Å². The lowest BCUT2D eigenvalue weighted by molar-refractivity contribution is 0.0988. The second kappa shape index (κ2) is 4.56. The molecule has 18 heavy (non-hydrogen) atoms.